The number of halogens is 1. The molecular weight excluding hydrogens is 629 g/mol. The van der Waals surface area contributed by atoms with Crippen molar-refractivity contribution >= 4 is 29.0 Å². The summed E-state index contributed by atoms with van der Waals surface area (Å²) in [5, 5.41) is 12.8. The van der Waals surface area contributed by atoms with Crippen LogP contribution in [0.2, 0.25) is 0 Å². The Morgan fingerprint density at radius 3 is 2.63 bits per heavy atom. The van der Waals surface area contributed by atoms with Crippen molar-refractivity contribution in [1.29, 1.82) is 0 Å². The van der Waals surface area contributed by atoms with Crippen molar-refractivity contribution in [3.63, 3.8) is 0 Å². The van der Waals surface area contributed by atoms with E-state index in [1.807, 2.05) is 54.9 Å². The number of amides is 2. The fraction of sp³-hybridized carbons (Fsp3) is 0.382. The molecule has 0 saturated carbocycles. The molecule has 0 unspecified atom stereocenters. The summed E-state index contributed by atoms with van der Waals surface area (Å²) in [7, 11) is 5.73. The van der Waals surface area contributed by atoms with E-state index >= 15 is 0 Å². The zero-order valence-corrected chi connectivity index (χ0v) is 28.0. The second-order valence-electron chi connectivity index (χ2n) is 12.4. The number of methoxy groups -OCH3 is 1. The highest BCUT2D eigenvalue weighted by Gasteiger charge is 2.37. The summed E-state index contributed by atoms with van der Waals surface area (Å²) in [6, 6.07) is 13.7. The van der Waals surface area contributed by atoms with Crippen LogP contribution in [0, 0.1) is 12.9 Å². The van der Waals surface area contributed by atoms with Gasteiger partial charge in [-0.1, -0.05) is 18.2 Å². The molecule has 49 heavy (non-hydrogen) atoms. The maximum atomic E-state index is 14.1. The molecule has 2 aliphatic heterocycles. The first-order valence-corrected chi connectivity index (χ1v) is 16.3. The number of likely N-dealkylation sites (N-methyl/N-ethyl adjacent to an activating group) is 1. The van der Waals surface area contributed by atoms with Crippen LogP contribution < -0.4 is 15.5 Å². The normalized spacial score (nSPS) is 18.8. The van der Waals surface area contributed by atoms with Gasteiger partial charge in [-0.15, -0.1) is 0 Å². The number of hydroxylamine groups is 2. The number of ether oxygens (including phenoxy) is 1. The van der Waals surface area contributed by atoms with Gasteiger partial charge in [0.1, 0.15) is 17.4 Å². The highest BCUT2D eigenvalue weighted by molar-refractivity contribution is 5.91. The number of benzene rings is 1. The number of hydrogen-bond acceptors (Lipinski definition) is 10. The number of fused-ring (bicyclic) bond motifs is 1. The van der Waals surface area contributed by atoms with Crippen molar-refractivity contribution in [2.45, 2.75) is 19.1 Å². The van der Waals surface area contributed by atoms with E-state index in [1.54, 1.807) is 29.1 Å². The lowest BCUT2D eigenvalue weighted by atomic mass is 10.0. The Balaban J connectivity index is 1.18. The van der Waals surface area contributed by atoms with Crippen molar-refractivity contribution in [3.05, 3.63) is 78.0 Å². The number of nitrogens with one attached hydrogen (secondary N) is 2. The smallest absolute Gasteiger partial charge is 0.320 e. The summed E-state index contributed by atoms with van der Waals surface area (Å²) in [6.45, 7) is 6.96. The predicted octanol–water partition coefficient (Wildman–Crippen LogP) is 3.54. The third kappa shape index (κ3) is 6.70. The molecular formula is C34H40FN11O3. The number of hydrogen-bond donors (Lipinski definition) is 2. The fourth-order valence-electron chi connectivity index (χ4n) is 6.41. The molecule has 2 saturated heterocycles. The average molecular weight is 670 g/mol. The van der Waals surface area contributed by atoms with Crippen LogP contribution in [0.5, 0.6) is 0 Å². The summed E-state index contributed by atoms with van der Waals surface area (Å²) < 4.78 is 23.0. The molecule has 4 aromatic heterocycles. The van der Waals surface area contributed by atoms with Crippen LogP contribution in [-0.4, -0.2) is 111 Å². The Hall–Kier alpha value is -4.96. The summed E-state index contributed by atoms with van der Waals surface area (Å²) in [5.74, 6) is 0.769. The number of aryl methyl sites for hydroxylation is 1. The van der Waals surface area contributed by atoms with E-state index < -0.39 is 24.1 Å². The quantitative estimate of drug-likeness (QED) is 0.225. The van der Waals surface area contributed by atoms with Gasteiger partial charge in [0, 0.05) is 76.9 Å². The minimum absolute atomic E-state index is 0.374. The number of urea groups is 1. The summed E-state index contributed by atoms with van der Waals surface area (Å²) >= 11 is 0. The molecule has 256 valence electrons. The minimum atomic E-state index is -0.622. The number of para-hydroxylation sites is 1. The van der Waals surface area contributed by atoms with E-state index in [0.717, 1.165) is 60.1 Å². The van der Waals surface area contributed by atoms with Crippen LogP contribution >= 0.6 is 0 Å². The molecule has 1 aromatic carbocycles. The number of carbonyl (C=O) groups is 1. The number of piperazine rings is 1. The van der Waals surface area contributed by atoms with Crippen molar-refractivity contribution in [2.75, 3.05) is 70.2 Å². The molecule has 5 aromatic rings. The highest BCUT2D eigenvalue weighted by Crippen LogP contribution is 2.33. The maximum absolute atomic E-state index is 14.1. The Morgan fingerprint density at radius 2 is 1.88 bits per heavy atom. The topological polar surface area (TPSA) is 131 Å². The first kappa shape index (κ1) is 32.6. The van der Waals surface area contributed by atoms with Gasteiger partial charge in [0.05, 0.1) is 24.0 Å². The molecule has 2 aliphatic rings. The Bertz CT molecular complexity index is 1940. The number of nitrogens with zero attached hydrogens (tertiary/aromatic N) is 9. The molecule has 0 bridgehead atoms. The Kier molecular flexibility index (Phi) is 9.23. The third-order valence-corrected chi connectivity index (χ3v) is 9.07. The second kappa shape index (κ2) is 13.9. The summed E-state index contributed by atoms with van der Waals surface area (Å²) in [5.41, 5.74) is 5.11. The lowest BCUT2D eigenvalue weighted by Gasteiger charge is -2.32. The van der Waals surface area contributed by atoms with E-state index in [0.29, 0.717) is 36.8 Å². The number of carbonyl (C=O) groups excluding carboxylic acids is 1. The monoisotopic (exact) mass is 669 g/mol. The first-order chi connectivity index (χ1) is 23.8. The molecule has 0 aliphatic carbocycles. The molecule has 2 fully saturated rings. The zero-order chi connectivity index (χ0) is 34.1. The number of pyridine rings is 2. The SMILES string of the molecule is COCCN1C[C@@H](NC(=O)Nc2c(C)c(-c3cnc4c(c3)nc(N3CCN(C)CC3)n4C)nn2-c2ccccc2)[C@H](c2ccnc(F)c2)O1. The lowest BCUT2D eigenvalue weighted by molar-refractivity contribution is -0.154. The van der Waals surface area contributed by atoms with Crippen LogP contribution in [0.1, 0.15) is 17.2 Å². The van der Waals surface area contributed by atoms with E-state index in [4.69, 9.17) is 24.6 Å². The van der Waals surface area contributed by atoms with Gasteiger partial charge >= 0.3 is 6.03 Å². The fourth-order valence-corrected chi connectivity index (χ4v) is 6.41. The molecule has 6 heterocycles. The van der Waals surface area contributed by atoms with Gasteiger partial charge in [-0.2, -0.15) is 14.6 Å². The molecule has 2 amide bonds. The number of anilines is 2. The van der Waals surface area contributed by atoms with E-state index in [2.05, 4.69) is 32.5 Å². The summed E-state index contributed by atoms with van der Waals surface area (Å²) in [4.78, 5) is 37.9. The van der Waals surface area contributed by atoms with Crippen molar-refractivity contribution in [1.82, 2.24) is 44.6 Å². The van der Waals surface area contributed by atoms with E-state index in [-0.39, 0.29) is 0 Å². The molecule has 0 spiro atoms. The Labute approximate surface area is 283 Å². The largest absolute Gasteiger partial charge is 0.383 e. The van der Waals surface area contributed by atoms with Crippen LogP contribution in [-0.2, 0) is 16.6 Å². The van der Waals surface area contributed by atoms with Gasteiger partial charge in [0.15, 0.2) is 5.65 Å². The van der Waals surface area contributed by atoms with Gasteiger partial charge in [0.25, 0.3) is 0 Å². The molecule has 2 N–H and O–H groups in total. The van der Waals surface area contributed by atoms with Crippen LogP contribution in [0.3, 0.4) is 0 Å². The van der Waals surface area contributed by atoms with E-state index in [1.165, 1.54) is 12.3 Å². The van der Waals surface area contributed by atoms with Crippen LogP contribution in [0.15, 0.2) is 60.9 Å². The standard InChI is InChI=1S/C34H40FN11O3/c1-22-29(24-18-26-32(37-20-24)43(3)34(39-26)44-14-12-42(2)13-15-44)41-46(25-8-6-5-7-9-25)31(22)40-33(47)38-27-21-45(16-17-48-4)49-30(27)23-10-11-36-28(35)19-23/h5-11,18-20,27,30H,12-17,21H2,1-4H3,(H2,38,40,47)/t27-,30+/m1/s1. The zero-order valence-electron chi connectivity index (χ0n) is 28.0. The van der Waals surface area contributed by atoms with Gasteiger partial charge < -0.3 is 19.9 Å². The Morgan fingerprint density at radius 1 is 1.08 bits per heavy atom. The number of imidazole rings is 1. The molecule has 14 nitrogen and oxygen atoms in total. The van der Waals surface area contributed by atoms with Gasteiger partial charge in [-0.05, 0) is 49.9 Å². The van der Waals surface area contributed by atoms with Crippen molar-refractivity contribution in [3.8, 4) is 16.9 Å². The van der Waals surface area contributed by atoms with Crippen molar-refractivity contribution in [2.24, 2.45) is 7.05 Å². The maximum Gasteiger partial charge on any atom is 0.320 e. The number of aromatic nitrogens is 6. The van der Waals surface area contributed by atoms with Crippen LogP contribution in [0.4, 0.5) is 21.0 Å². The highest BCUT2D eigenvalue weighted by atomic mass is 19.1. The average Bonchev–Trinajstić information content (AvgIpc) is 3.77. The van der Waals surface area contributed by atoms with Gasteiger partial charge in [-0.3, -0.25) is 14.7 Å². The molecule has 0 radical (unpaired) electrons. The molecule has 15 heteroatoms. The summed E-state index contributed by atoms with van der Waals surface area (Å²) in [6.07, 6.45) is 2.56. The predicted molar refractivity (Wildman–Crippen MR) is 183 cm³/mol. The number of rotatable bonds is 9. The van der Waals surface area contributed by atoms with Gasteiger partial charge in [0.2, 0.25) is 11.9 Å². The molecule has 2 atom stereocenters. The van der Waals surface area contributed by atoms with Crippen molar-refractivity contribution < 1.29 is 18.8 Å². The second-order valence-corrected chi connectivity index (χ2v) is 12.4. The lowest BCUT2D eigenvalue weighted by Crippen LogP contribution is -2.45. The van der Waals surface area contributed by atoms with E-state index in [9.17, 15) is 9.18 Å². The molecule has 7 rings (SSSR count). The minimum Gasteiger partial charge on any atom is -0.383 e. The third-order valence-electron chi connectivity index (χ3n) is 9.07. The van der Waals surface area contributed by atoms with Crippen LogP contribution in [0.25, 0.3) is 28.1 Å². The van der Waals surface area contributed by atoms with Gasteiger partial charge in [-0.25, -0.2) is 24.4 Å². The first-order valence-electron chi connectivity index (χ1n) is 16.3.